The van der Waals surface area contributed by atoms with Crippen molar-refractivity contribution in [3.63, 3.8) is 0 Å². The first kappa shape index (κ1) is 5.00. The van der Waals surface area contributed by atoms with Gasteiger partial charge in [0.05, 0.1) is 0 Å². The van der Waals surface area contributed by atoms with E-state index in [1.54, 1.807) is 11.4 Å². The molecule has 0 aromatic carbocycles. The molecule has 38 valence electrons. The molecule has 0 aliphatic carbocycles. The summed E-state index contributed by atoms with van der Waals surface area (Å²) in [4.78, 5) is 0.822. The summed E-state index contributed by atoms with van der Waals surface area (Å²) in [6.07, 6.45) is 0. The number of thiophene rings is 1. The smallest absolute Gasteiger partial charge is 0.172 e. The zero-order chi connectivity index (χ0) is 5.28. The Morgan fingerprint density at radius 3 is 2.57 bits per heavy atom. The molecule has 0 aliphatic rings. The molecule has 1 N–H and O–H groups in total. The van der Waals surface area contributed by atoms with E-state index in [0.717, 1.165) is 4.90 Å². The van der Waals surface area contributed by atoms with E-state index in [4.69, 9.17) is 5.11 Å². The van der Waals surface area contributed by atoms with Gasteiger partial charge in [-0.25, -0.2) is 0 Å². The van der Waals surface area contributed by atoms with Gasteiger partial charge >= 0.3 is 0 Å². The van der Waals surface area contributed by atoms with Crippen LogP contribution in [0, 0.1) is 0 Å². The summed E-state index contributed by atoms with van der Waals surface area (Å²) in [6.45, 7) is 0. The van der Waals surface area contributed by atoms with Crippen LogP contribution in [0.5, 0.6) is 5.06 Å². The maximum absolute atomic E-state index is 8.62. The van der Waals surface area contributed by atoms with Gasteiger partial charge in [-0.05, 0) is 0 Å². The van der Waals surface area contributed by atoms with Crippen molar-refractivity contribution in [3.05, 3.63) is 11.4 Å². The Bertz CT molecular complexity index is 142. The van der Waals surface area contributed by atoms with Gasteiger partial charge in [0.15, 0.2) is 5.06 Å². The minimum absolute atomic E-state index is 0.324. The lowest BCUT2D eigenvalue weighted by molar-refractivity contribution is 0.490. The van der Waals surface area contributed by atoms with E-state index in [1.807, 2.05) is 0 Å². The molecule has 1 aromatic heterocycles. The van der Waals surface area contributed by atoms with E-state index >= 15 is 0 Å². The molecule has 7 heavy (non-hydrogen) atoms. The summed E-state index contributed by atoms with van der Waals surface area (Å²) in [7, 11) is 0. The molecule has 1 nitrogen and oxygen atoms in total. The molecular weight excluding hydrogens is 128 g/mol. The largest absolute Gasteiger partial charge is 0.499 e. The Kier molecular flexibility index (Phi) is 1.25. The third-order valence-electron chi connectivity index (χ3n) is 0.572. The summed E-state index contributed by atoms with van der Waals surface area (Å²) in [6, 6.07) is 1.60. The standard InChI is InChI=1S/C4H4OS2/c5-4-1-3(6)2-7-4/h1-2,5-6H. The first-order valence-electron chi connectivity index (χ1n) is 1.75. The van der Waals surface area contributed by atoms with Gasteiger partial charge in [-0.1, -0.05) is 0 Å². The molecule has 0 saturated carbocycles. The van der Waals surface area contributed by atoms with Crippen molar-refractivity contribution < 1.29 is 5.11 Å². The summed E-state index contributed by atoms with van der Waals surface area (Å²) in [5, 5.41) is 10.7. The van der Waals surface area contributed by atoms with Crippen molar-refractivity contribution in [2.45, 2.75) is 4.90 Å². The van der Waals surface area contributed by atoms with E-state index in [0.29, 0.717) is 5.06 Å². The summed E-state index contributed by atoms with van der Waals surface area (Å²) in [5.74, 6) is 0. The fourth-order valence-corrected chi connectivity index (χ4v) is 1.19. The molecule has 0 radical (unpaired) electrons. The lowest BCUT2D eigenvalue weighted by atomic mass is 10.6. The van der Waals surface area contributed by atoms with Gasteiger partial charge in [-0.15, -0.1) is 24.0 Å². The first-order chi connectivity index (χ1) is 3.29. The van der Waals surface area contributed by atoms with Crippen LogP contribution in [-0.2, 0) is 0 Å². The Hall–Kier alpha value is -0.150. The van der Waals surface area contributed by atoms with Crippen LogP contribution in [0.15, 0.2) is 16.3 Å². The second kappa shape index (κ2) is 1.76. The van der Waals surface area contributed by atoms with Crippen molar-refractivity contribution in [3.8, 4) is 5.06 Å². The molecule has 0 aliphatic heterocycles. The van der Waals surface area contributed by atoms with Crippen LogP contribution in [0.25, 0.3) is 0 Å². The maximum atomic E-state index is 8.62. The Morgan fingerprint density at radius 1 is 1.71 bits per heavy atom. The summed E-state index contributed by atoms with van der Waals surface area (Å²) < 4.78 is 0. The molecule has 0 saturated heterocycles. The van der Waals surface area contributed by atoms with Crippen LogP contribution in [0.2, 0.25) is 0 Å². The zero-order valence-electron chi connectivity index (χ0n) is 3.46. The topological polar surface area (TPSA) is 20.2 Å². The number of hydrogen-bond donors (Lipinski definition) is 2. The minimum atomic E-state index is 0.324. The van der Waals surface area contributed by atoms with E-state index in [9.17, 15) is 0 Å². The average Bonchev–Trinajstić information content (AvgIpc) is 1.87. The predicted octanol–water partition coefficient (Wildman–Crippen LogP) is 1.74. The van der Waals surface area contributed by atoms with Gasteiger partial charge in [0.25, 0.3) is 0 Å². The van der Waals surface area contributed by atoms with Crippen LogP contribution in [-0.4, -0.2) is 5.11 Å². The molecule has 3 heteroatoms. The van der Waals surface area contributed by atoms with Crippen molar-refractivity contribution in [1.82, 2.24) is 0 Å². The second-order valence-electron chi connectivity index (χ2n) is 1.14. The summed E-state index contributed by atoms with van der Waals surface area (Å²) in [5.41, 5.74) is 0. The van der Waals surface area contributed by atoms with Crippen molar-refractivity contribution in [2.75, 3.05) is 0 Å². The highest BCUT2D eigenvalue weighted by Crippen LogP contribution is 2.22. The van der Waals surface area contributed by atoms with E-state index in [2.05, 4.69) is 12.6 Å². The first-order valence-corrected chi connectivity index (χ1v) is 3.08. The summed E-state index contributed by atoms with van der Waals surface area (Å²) >= 11 is 5.24. The molecule has 1 aromatic rings. The SMILES string of the molecule is Oc1cc(S)cs1. The quantitative estimate of drug-likeness (QED) is 0.515. The van der Waals surface area contributed by atoms with Crippen molar-refractivity contribution in [2.24, 2.45) is 0 Å². The molecule has 0 amide bonds. The van der Waals surface area contributed by atoms with Crippen LogP contribution in [0.1, 0.15) is 0 Å². The molecule has 0 spiro atoms. The molecule has 1 rings (SSSR count). The Morgan fingerprint density at radius 2 is 2.43 bits per heavy atom. The number of aromatic hydroxyl groups is 1. The normalized spacial score (nSPS) is 9.29. The Balaban J connectivity index is 3.04. The number of hydrogen-bond acceptors (Lipinski definition) is 3. The van der Waals surface area contributed by atoms with E-state index in [1.165, 1.54) is 11.3 Å². The fraction of sp³-hybridized carbons (Fsp3) is 0. The predicted molar refractivity (Wildman–Crippen MR) is 33.2 cm³/mol. The molecule has 0 atom stereocenters. The maximum Gasteiger partial charge on any atom is 0.172 e. The zero-order valence-corrected chi connectivity index (χ0v) is 5.17. The third-order valence-corrected chi connectivity index (χ3v) is 1.74. The van der Waals surface area contributed by atoms with Crippen molar-refractivity contribution in [1.29, 1.82) is 0 Å². The third kappa shape index (κ3) is 1.11. The van der Waals surface area contributed by atoms with Gasteiger partial charge in [0.2, 0.25) is 0 Å². The molecule has 0 fully saturated rings. The number of thiol groups is 1. The van der Waals surface area contributed by atoms with Gasteiger partial charge in [0.1, 0.15) is 0 Å². The molecule has 0 unspecified atom stereocenters. The lowest BCUT2D eigenvalue weighted by Crippen LogP contribution is -1.42. The highest BCUT2D eigenvalue weighted by atomic mass is 32.1. The van der Waals surface area contributed by atoms with Gasteiger partial charge in [-0.2, -0.15) is 0 Å². The van der Waals surface area contributed by atoms with Crippen LogP contribution >= 0.6 is 24.0 Å². The average molecular weight is 132 g/mol. The minimum Gasteiger partial charge on any atom is -0.499 e. The van der Waals surface area contributed by atoms with Gasteiger partial charge in [-0.3, -0.25) is 0 Å². The lowest BCUT2D eigenvalue weighted by Gasteiger charge is -1.70. The monoisotopic (exact) mass is 132 g/mol. The van der Waals surface area contributed by atoms with Crippen LogP contribution in [0.4, 0.5) is 0 Å². The van der Waals surface area contributed by atoms with Gasteiger partial charge < -0.3 is 5.11 Å². The highest BCUT2D eigenvalue weighted by molar-refractivity contribution is 7.80. The van der Waals surface area contributed by atoms with Crippen LogP contribution < -0.4 is 0 Å². The fourth-order valence-electron chi connectivity index (χ4n) is 0.315. The van der Waals surface area contributed by atoms with Crippen LogP contribution in [0.3, 0.4) is 0 Å². The molecule has 0 bridgehead atoms. The van der Waals surface area contributed by atoms with Gasteiger partial charge in [0, 0.05) is 16.3 Å². The van der Waals surface area contributed by atoms with E-state index in [-0.39, 0.29) is 0 Å². The highest BCUT2D eigenvalue weighted by Gasteiger charge is 1.88. The van der Waals surface area contributed by atoms with E-state index < -0.39 is 0 Å². The second-order valence-corrected chi connectivity index (χ2v) is 2.55. The number of rotatable bonds is 0. The van der Waals surface area contributed by atoms with Crippen molar-refractivity contribution >= 4 is 24.0 Å². The molecular formula is C4H4OS2. The molecule has 1 heterocycles. The Labute approximate surface area is 51.0 Å².